The number of likely N-dealkylation sites (N-methyl/N-ethyl adjacent to an activating group) is 1. The number of hydrogen-bond acceptors (Lipinski definition) is 3. The number of sulfone groups is 1. The Kier molecular flexibility index (Phi) is 5.20. The van der Waals surface area contributed by atoms with Gasteiger partial charge in [-0.25, -0.2) is 12.8 Å². The first-order chi connectivity index (χ1) is 9.41. The minimum absolute atomic E-state index is 0.00736. The molecule has 0 spiro atoms. The molecule has 1 fully saturated rings. The Morgan fingerprint density at radius 1 is 1.50 bits per heavy atom. The average Bonchev–Trinajstić information content (AvgIpc) is 2.72. The molecule has 2 atom stereocenters. The van der Waals surface area contributed by atoms with Gasteiger partial charge in [-0.2, -0.15) is 0 Å². The summed E-state index contributed by atoms with van der Waals surface area (Å²) in [5.41, 5.74) is 0.628. The molecule has 2 rings (SSSR count). The molecule has 6 heteroatoms. The fourth-order valence-corrected chi connectivity index (χ4v) is 4.95. The van der Waals surface area contributed by atoms with E-state index in [-0.39, 0.29) is 29.3 Å². The maximum absolute atomic E-state index is 13.9. The number of rotatable bonds is 5. The zero-order chi connectivity index (χ0) is 14.8. The molecule has 112 valence electrons. The van der Waals surface area contributed by atoms with E-state index in [9.17, 15) is 12.8 Å². The van der Waals surface area contributed by atoms with Gasteiger partial charge in [-0.1, -0.05) is 28.9 Å². The molecular formula is C14H19BrFNO2S. The second-order valence-electron chi connectivity index (χ2n) is 5.27. The van der Waals surface area contributed by atoms with Gasteiger partial charge in [0.25, 0.3) is 0 Å². The average molecular weight is 364 g/mol. The van der Waals surface area contributed by atoms with Crippen molar-refractivity contribution in [2.24, 2.45) is 5.92 Å². The lowest BCUT2D eigenvalue weighted by molar-refractivity contribution is 0.381. The van der Waals surface area contributed by atoms with Gasteiger partial charge in [-0.05, 0) is 43.0 Å². The van der Waals surface area contributed by atoms with E-state index in [1.807, 2.05) is 13.0 Å². The second-order valence-corrected chi connectivity index (χ2v) is 8.41. The number of hydrogen-bond donors (Lipinski definition) is 1. The molecule has 1 aliphatic heterocycles. The van der Waals surface area contributed by atoms with Gasteiger partial charge in [0.1, 0.15) is 5.82 Å². The summed E-state index contributed by atoms with van der Waals surface area (Å²) in [5, 5.41) is 3.31. The summed E-state index contributed by atoms with van der Waals surface area (Å²) in [7, 11) is -2.91. The van der Waals surface area contributed by atoms with E-state index in [4.69, 9.17) is 0 Å². The second kappa shape index (κ2) is 6.54. The molecule has 20 heavy (non-hydrogen) atoms. The fourth-order valence-electron chi connectivity index (χ4n) is 2.73. The zero-order valence-corrected chi connectivity index (χ0v) is 13.8. The van der Waals surface area contributed by atoms with Crippen LogP contribution in [0.3, 0.4) is 0 Å². The molecule has 0 radical (unpaired) electrons. The molecule has 0 bridgehead atoms. The quantitative estimate of drug-likeness (QED) is 0.874. The predicted octanol–water partition coefficient (Wildman–Crippen LogP) is 2.54. The minimum Gasteiger partial charge on any atom is -0.314 e. The molecule has 1 N–H and O–H groups in total. The minimum atomic E-state index is -2.91. The van der Waals surface area contributed by atoms with Crippen molar-refractivity contribution in [3.63, 3.8) is 0 Å². The molecule has 2 unspecified atom stereocenters. The Balaban J connectivity index is 2.13. The predicted molar refractivity (Wildman–Crippen MR) is 82.0 cm³/mol. The van der Waals surface area contributed by atoms with Crippen LogP contribution in [0.4, 0.5) is 4.39 Å². The molecule has 0 aliphatic carbocycles. The summed E-state index contributed by atoms with van der Waals surface area (Å²) in [6, 6.07) is 5.02. The standard InChI is InChI=1S/C14H19BrFNO2S/c1-2-17-14(11-5-6-20(18,19)9-11)7-10-3-4-12(15)8-13(10)16/h3-4,8,11,14,17H,2,5-7,9H2,1H3. The van der Waals surface area contributed by atoms with Crippen LogP contribution >= 0.6 is 15.9 Å². The lowest BCUT2D eigenvalue weighted by Crippen LogP contribution is -2.38. The topological polar surface area (TPSA) is 46.2 Å². The highest BCUT2D eigenvalue weighted by molar-refractivity contribution is 9.10. The molecular weight excluding hydrogens is 345 g/mol. The van der Waals surface area contributed by atoms with E-state index >= 15 is 0 Å². The summed E-state index contributed by atoms with van der Waals surface area (Å²) >= 11 is 3.24. The highest BCUT2D eigenvalue weighted by Crippen LogP contribution is 2.25. The molecule has 1 aromatic carbocycles. The summed E-state index contributed by atoms with van der Waals surface area (Å²) in [6.07, 6.45) is 1.19. The van der Waals surface area contributed by atoms with Crippen LogP contribution in [0.25, 0.3) is 0 Å². The van der Waals surface area contributed by atoms with Crippen molar-refractivity contribution in [2.45, 2.75) is 25.8 Å². The van der Waals surface area contributed by atoms with E-state index in [1.165, 1.54) is 6.07 Å². The highest BCUT2D eigenvalue weighted by atomic mass is 79.9. The molecule has 0 amide bonds. The normalized spacial score (nSPS) is 22.9. The van der Waals surface area contributed by atoms with Crippen molar-refractivity contribution >= 4 is 25.8 Å². The maximum Gasteiger partial charge on any atom is 0.150 e. The van der Waals surface area contributed by atoms with Gasteiger partial charge >= 0.3 is 0 Å². The summed E-state index contributed by atoms with van der Waals surface area (Å²) in [4.78, 5) is 0. The number of benzene rings is 1. The molecule has 1 aliphatic rings. The van der Waals surface area contributed by atoms with Crippen LogP contribution in [0.15, 0.2) is 22.7 Å². The molecule has 1 aromatic rings. The van der Waals surface area contributed by atoms with Crippen LogP contribution in [0, 0.1) is 11.7 Å². The number of halogens is 2. The van der Waals surface area contributed by atoms with E-state index in [0.717, 1.165) is 6.54 Å². The molecule has 1 heterocycles. The smallest absolute Gasteiger partial charge is 0.150 e. The van der Waals surface area contributed by atoms with E-state index in [1.54, 1.807) is 6.07 Å². The van der Waals surface area contributed by atoms with Crippen molar-refractivity contribution in [1.29, 1.82) is 0 Å². The first-order valence-corrected chi connectivity index (χ1v) is 9.40. The first-order valence-electron chi connectivity index (χ1n) is 6.79. The van der Waals surface area contributed by atoms with E-state index in [2.05, 4.69) is 21.2 Å². The van der Waals surface area contributed by atoms with E-state index in [0.29, 0.717) is 22.9 Å². The lowest BCUT2D eigenvalue weighted by Gasteiger charge is -2.23. The Labute approximate surface area is 128 Å². The summed E-state index contributed by atoms with van der Waals surface area (Å²) in [6.45, 7) is 2.73. The zero-order valence-electron chi connectivity index (χ0n) is 11.4. The Morgan fingerprint density at radius 2 is 2.25 bits per heavy atom. The third-order valence-corrected chi connectivity index (χ3v) is 6.04. The van der Waals surface area contributed by atoms with Crippen LogP contribution in [-0.2, 0) is 16.3 Å². The summed E-state index contributed by atoms with van der Waals surface area (Å²) in [5.74, 6) is 0.289. The van der Waals surface area contributed by atoms with Gasteiger partial charge in [0, 0.05) is 10.5 Å². The van der Waals surface area contributed by atoms with Crippen molar-refractivity contribution in [1.82, 2.24) is 5.32 Å². The molecule has 1 saturated heterocycles. The van der Waals surface area contributed by atoms with Crippen LogP contribution in [0.2, 0.25) is 0 Å². The van der Waals surface area contributed by atoms with Crippen molar-refractivity contribution in [3.05, 3.63) is 34.1 Å². The Bertz CT molecular complexity index is 577. The van der Waals surface area contributed by atoms with Gasteiger partial charge in [-0.15, -0.1) is 0 Å². The molecule has 3 nitrogen and oxygen atoms in total. The van der Waals surface area contributed by atoms with Gasteiger partial charge in [0.05, 0.1) is 11.5 Å². The van der Waals surface area contributed by atoms with Crippen molar-refractivity contribution in [3.8, 4) is 0 Å². The number of nitrogens with one attached hydrogen (secondary N) is 1. The fraction of sp³-hybridized carbons (Fsp3) is 0.571. The van der Waals surface area contributed by atoms with Crippen LogP contribution in [0.5, 0.6) is 0 Å². The lowest BCUT2D eigenvalue weighted by atomic mass is 9.93. The molecule has 0 saturated carbocycles. The van der Waals surface area contributed by atoms with Crippen molar-refractivity contribution in [2.75, 3.05) is 18.1 Å². The largest absolute Gasteiger partial charge is 0.314 e. The first kappa shape index (κ1) is 15.9. The van der Waals surface area contributed by atoms with Gasteiger partial charge < -0.3 is 5.32 Å². The Morgan fingerprint density at radius 3 is 2.80 bits per heavy atom. The molecule has 0 aromatic heterocycles. The summed E-state index contributed by atoms with van der Waals surface area (Å²) < 4.78 is 37.8. The Hall–Kier alpha value is -0.460. The maximum atomic E-state index is 13.9. The van der Waals surface area contributed by atoms with Crippen molar-refractivity contribution < 1.29 is 12.8 Å². The van der Waals surface area contributed by atoms with Gasteiger partial charge in [0.2, 0.25) is 0 Å². The SMILES string of the molecule is CCNC(Cc1ccc(Br)cc1F)C1CCS(=O)(=O)C1. The van der Waals surface area contributed by atoms with Gasteiger partial charge in [0.15, 0.2) is 9.84 Å². The monoisotopic (exact) mass is 363 g/mol. The third-order valence-electron chi connectivity index (χ3n) is 3.76. The van der Waals surface area contributed by atoms with Crippen LogP contribution in [0.1, 0.15) is 18.9 Å². The van der Waals surface area contributed by atoms with E-state index < -0.39 is 9.84 Å². The highest BCUT2D eigenvalue weighted by Gasteiger charge is 2.33. The van der Waals surface area contributed by atoms with Crippen LogP contribution < -0.4 is 5.32 Å². The van der Waals surface area contributed by atoms with Crippen LogP contribution in [-0.4, -0.2) is 32.5 Å². The third kappa shape index (κ3) is 4.02. The van der Waals surface area contributed by atoms with Gasteiger partial charge in [-0.3, -0.25) is 0 Å².